The zero-order valence-electron chi connectivity index (χ0n) is 20.6. The Hall–Kier alpha value is -3.52. The number of aromatic nitrogens is 4. The largest absolute Gasteiger partial charge is 0.360 e. The van der Waals surface area contributed by atoms with E-state index in [1.165, 1.54) is 22.9 Å². The fraction of sp³-hybridized carbons (Fsp3) is 0.296. The van der Waals surface area contributed by atoms with E-state index in [-0.39, 0.29) is 11.7 Å². The van der Waals surface area contributed by atoms with Gasteiger partial charge in [-0.1, -0.05) is 93.1 Å². The maximum Gasteiger partial charge on any atom is 0.236 e. The van der Waals surface area contributed by atoms with Crippen molar-refractivity contribution in [3.63, 3.8) is 0 Å². The third kappa shape index (κ3) is 6.14. The molecule has 0 atom stereocenters. The predicted molar refractivity (Wildman–Crippen MR) is 139 cm³/mol. The van der Waals surface area contributed by atoms with Crippen LogP contribution in [0.5, 0.6) is 0 Å². The van der Waals surface area contributed by atoms with Crippen LogP contribution in [0.15, 0.2) is 64.3 Å². The summed E-state index contributed by atoms with van der Waals surface area (Å²) in [5.74, 6) is 1.81. The number of rotatable bonds is 8. The van der Waals surface area contributed by atoms with Crippen molar-refractivity contribution in [1.82, 2.24) is 20.3 Å². The maximum absolute atomic E-state index is 12.3. The van der Waals surface area contributed by atoms with Gasteiger partial charge >= 0.3 is 0 Å². The van der Waals surface area contributed by atoms with Crippen LogP contribution in [0.2, 0.25) is 0 Å². The smallest absolute Gasteiger partial charge is 0.236 e. The number of aryl methyl sites for hydroxylation is 1. The number of anilines is 1. The zero-order valence-corrected chi connectivity index (χ0v) is 21.4. The van der Waals surface area contributed by atoms with Crippen molar-refractivity contribution >= 4 is 23.5 Å². The van der Waals surface area contributed by atoms with Crippen LogP contribution < -0.4 is 5.32 Å². The first-order chi connectivity index (χ1) is 16.8. The van der Waals surface area contributed by atoms with E-state index in [1.54, 1.807) is 13.0 Å². The first-order valence-corrected chi connectivity index (χ1v) is 12.6. The van der Waals surface area contributed by atoms with Gasteiger partial charge in [-0.3, -0.25) is 4.79 Å². The molecule has 35 heavy (non-hydrogen) atoms. The summed E-state index contributed by atoms with van der Waals surface area (Å²) in [4.78, 5) is 17.1. The third-order valence-electron chi connectivity index (χ3n) is 5.60. The second kappa shape index (κ2) is 10.8. The average Bonchev–Trinajstić information content (AvgIpc) is 3.27. The van der Waals surface area contributed by atoms with Crippen molar-refractivity contribution in [2.24, 2.45) is 0 Å². The number of benzene rings is 2. The Morgan fingerprint density at radius 1 is 0.886 bits per heavy atom. The molecule has 0 radical (unpaired) electrons. The van der Waals surface area contributed by atoms with Crippen molar-refractivity contribution in [3.8, 4) is 22.5 Å². The molecule has 1 amide bonds. The van der Waals surface area contributed by atoms with E-state index >= 15 is 0 Å². The highest BCUT2D eigenvalue weighted by Gasteiger charge is 2.16. The van der Waals surface area contributed by atoms with Crippen LogP contribution in [-0.4, -0.2) is 32.0 Å². The molecule has 0 saturated carbocycles. The highest BCUT2D eigenvalue weighted by Crippen LogP contribution is 2.31. The number of nitrogens with zero attached hydrogens (tertiary/aromatic N) is 4. The Morgan fingerprint density at radius 3 is 1.97 bits per heavy atom. The second-order valence-corrected chi connectivity index (χ2v) is 9.95. The van der Waals surface area contributed by atoms with Gasteiger partial charge in [0.1, 0.15) is 17.1 Å². The van der Waals surface area contributed by atoms with Gasteiger partial charge in [0.25, 0.3) is 0 Å². The lowest BCUT2D eigenvalue weighted by atomic mass is 9.97. The van der Waals surface area contributed by atoms with Crippen LogP contribution >= 0.6 is 11.8 Å². The molecule has 2 aromatic carbocycles. The molecule has 0 aliphatic heterocycles. The lowest BCUT2D eigenvalue weighted by molar-refractivity contribution is -0.113. The van der Waals surface area contributed by atoms with Crippen LogP contribution in [0.1, 0.15) is 56.4 Å². The average molecular weight is 488 g/mol. The number of carbonyl (C=O) groups is 1. The fourth-order valence-electron chi connectivity index (χ4n) is 3.55. The topological polar surface area (TPSA) is 93.8 Å². The van der Waals surface area contributed by atoms with Crippen molar-refractivity contribution in [3.05, 3.63) is 71.5 Å². The molecule has 0 unspecified atom stereocenters. The van der Waals surface area contributed by atoms with E-state index in [9.17, 15) is 4.79 Å². The van der Waals surface area contributed by atoms with E-state index in [2.05, 4.69) is 96.9 Å². The molecule has 4 aromatic rings. The summed E-state index contributed by atoms with van der Waals surface area (Å²) in [5.41, 5.74) is 5.88. The highest BCUT2D eigenvalue weighted by atomic mass is 32.2. The summed E-state index contributed by atoms with van der Waals surface area (Å²) in [6.45, 7) is 10.4. The zero-order chi connectivity index (χ0) is 24.9. The molecule has 7 nitrogen and oxygen atoms in total. The number of amides is 1. The molecular formula is C27H29N5O2S. The molecule has 0 aliphatic carbocycles. The monoisotopic (exact) mass is 487 g/mol. The van der Waals surface area contributed by atoms with Gasteiger partial charge in [-0.2, -0.15) is 0 Å². The lowest BCUT2D eigenvalue weighted by Crippen LogP contribution is -2.14. The number of thioether (sulfide) groups is 1. The molecule has 0 spiro atoms. The molecule has 0 bridgehead atoms. The quantitative estimate of drug-likeness (QED) is 0.284. The first-order valence-electron chi connectivity index (χ1n) is 11.6. The molecule has 0 aliphatic rings. The lowest BCUT2D eigenvalue weighted by Gasteiger charge is -2.12. The third-order valence-corrected chi connectivity index (χ3v) is 6.43. The minimum atomic E-state index is -0.219. The highest BCUT2D eigenvalue weighted by molar-refractivity contribution is 7.99. The molecule has 2 heterocycles. The normalized spacial score (nSPS) is 11.3. The van der Waals surface area contributed by atoms with Gasteiger partial charge in [-0.05, 0) is 29.9 Å². The standard InChI is InChI=1S/C27H29N5O2S/c1-16(2)19-6-10-21(11-7-19)25-26(22-12-8-20(9-13-22)17(3)4)30-31-27(29-25)35-15-24(33)28-23-14-18(5)34-32-23/h6-14,16-17H,15H2,1-5H3,(H,28,32,33). The van der Waals surface area contributed by atoms with Crippen LogP contribution in [0.3, 0.4) is 0 Å². The van der Waals surface area contributed by atoms with Gasteiger partial charge in [0, 0.05) is 17.2 Å². The van der Waals surface area contributed by atoms with Crippen LogP contribution in [-0.2, 0) is 4.79 Å². The Bertz CT molecular complexity index is 1300. The summed E-state index contributed by atoms with van der Waals surface area (Å²) in [5, 5.41) is 15.8. The van der Waals surface area contributed by atoms with Gasteiger partial charge in [0.15, 0.2) is 5.82 Å². The van der Waals surface area contributed by atoms with Gasteiger partial charge in [-0.25, -0.2) is 4.98 Å². The van der Waals surface area contributed by atoms with E-state index in [0.29, 0.717) is 34.3 Å². The number of nitrogens with one attached hydrogen (secondary N) is 1. The second-order valence-electron chi connectivity index (χ2n) is 9.00. The summed E-state index contributed by atoms with van der Waals surface area (Å²) in [7, 11) is 0. The summed E-state index contributed by atoms with van der Waals surface area (Å²) >= 11 is 1.23. The van der Waals surface area contributed by atoms with Gasteiger partial charge in [0.05, 0.1) is 5.75 Å². The molecule has 1 N–H and O–H groups in total. The summed E-state index contributed by atoms with van der Waals surface area (Å²) in [6, 6.07) is 18.4. The first kappa shape index (κ1) is 24.6. The van der Waals surface area contributed by atoms with Crippen LogP contribution in [0.4, 0.5) is 5.82 Å². The Morgan fingerprint density at radius 2 is 1.46 bits per heavy atom. The summed E-state index contributed by atoms with van der Waals surface area (Å²) in [6.07, 6.45) is 0. The van der Waals surface area contributed by atoms with Gasteiger partial charge in [0.2, 0.25) is 11.1 Å². The number of carbonyl (C=O) groups excluding carboxylic acids is 1. The Labute approximate surface area is 209 Å². The number of hydrogen-bond donors (Lipinski definition) is 1. The summed E-state index contributed by atoms with van der Waals surface area (Å²) < 4.78 is 4.99. The fourth-order valence-corrected chi connectivity index (χ4v) is 4.14. The van der Waals surface area contributed by atoms with E-state index in [1.807, 2.05) is 0 Å². The van der Waals surface area contributed by atoms with Gasteiger partial charge in [-0.15, -0.1) is 10.2 Å². The predicted octanol–water partition coefficient (Wildman–Crippen LogP) is 6.48. The minimum absolute atomic E-state index is 0.127. The van der Waals surface area contributed by atoms with Crippen LogP contribution in [0.25, 0.3) is 22.5 Å². The maximum atomic E-state index is 12.3. The van der Waals surface area contributed by atoms with Crippen LogP contribution in [0, 0.1) is 6.92 Å². The van der Waals surface area contributed by atoms with E-state index < -0.39 is 0 Å². The van der Waals surface area contributed by atoms with Gasteiger partial charge < -0.3 is 9.84 Å². The SMILES string of the molecule is Cc1cc(NC(=O)CSc2nnc(-c3ccc(C(C)C)cc3)c(-c3ccc(C(C)C)cc3)n2)no1. The van der Waals surface area contributed by atoms with E-state index in [0.717, 1.165) is 16.8 Å². The molecule has 180 valence electrons. The molecule has 0 fully saturated rings. The molecule has 0 saturated heterocycles. The van der Waals surface area contributed by atoms with Crippen molar-refractivity contribution < 1.29 is 9.32 Å². The molecule has 8 heteroatoms. The number of hydrogen-bond acceptors (Lipinski definition) is 7. The molecule has 4 rings (SSSR count). The van der Waals surface area contributed by atoms with Crippen molar-refractivity contribution in [2.75, 3.05) is 11.1 Å². The molecular weight excluding hydrogens is 458 g/mol. The Balaban J connectivity index is 1.61. The minimum Gasteiger partial charge on any atom is -0.360 e. The molecule has 2 aromatic heterocycles. The Kier molecular flexibility index (Phi) is 7.60. The van der Waals surface area contributed by atoms with Crippen molar-refractivity contribution in [1.29, 1.82) is 0 Å². The van der Waals surface area contributed by atoms with Crippen molar-refractivity contribution in [2.45, 2.75) is 51.6 Å². The van der Waals surface area contributed by atoms with E-state index in [4.69, 9.17) is 9.51 Å².